The molecule has 0 radical (unpaired) electrons. The average molecular weight is 243 g/mol. The van der Waals surface area contributed by atoms with Gasteiger partial charge in [-0.05, 0) is 24.1 Å². The van der Waals surface area contributed by atoms with Gasteiger partial charge >= 0.3 is 0 Å². The van der Waals surface area contributed by atoms with Crippen LogP contribution >= 0.6 is 23.4 Å². The zero-order chi connectivity index (χ0) is 11.4. The van der Waals surface area contributed by atoms with Gasteiger partial charge in [-0.1, -0.05) is 32.4 Å². The summed E-state index contributed by atoms with van der Waals surface area (Å²) in [4.78, 5) is 11.9. The molecule has 1 nitrogen and oxygen atoms in total. The first-order valence-corrected chi connectivity index (χ1v) is 6.21. The molecule has 0 heterocycles. The van der Waals surface area contributed by atoms with Crippen molar-refractivity contribution in [3.63, 3.8) is 0 Å². The highest BCUT2D eigenvalue weighted by Gasteiger charge is 2.11. The maximum absolute atomic E-state index is 10.9. The molecule has 1 aromatic carbocycles. The van der Waals surface area contributed by atoms with E-state index in [1.165, 1.54) is 0 Å². The first kappa shape index (κ1) is 12.6. The van der Waals surface area contributed by atoms with Gasteiger partial charge in [-0.3, -0.25) is 4.79 Å². The van der Waals surface area contributed by atoms with E-state index in [-0.39, 0.29) is 0 Å². The van der Waals surface area contributed by atoms with Crippen LogP contribution in [0, 0.1) is 5.92 Å². The minimum Gasteiger partial charge on any atom is -0.298 e. The molecular weight excluding hydrogens is 228 g/mol. The quantitative estimate of drug-likeness (QED) is 0.579. The van der Waals surface area contributed by atoms with Crippen LogP contribution in [0.15, 0.2) is 23.1 Å². The van der Waals surface area contributed by atoms with Gasteiger partial charge in [0, 0.05) is 20.7 Å². The van der Waals surface area contributed by atoms with E-state index in [2.05, 4.69) is 20.8 Å². The van der Waals surface area contributed by atoms with Crippen LogP contribution in [0.25, 0.3) is 0 Å². The van der Waals surface area contributed by atoms with Crippen LogP contribution < -0.4 is 0 Å². The van der Waals surface area contributed by atoms with Crippen molar-refractivity contribution in [1.29, 1.82) is 0 Å². The normalized spacial score (nSPS) is 12.9. The summed E-state index contributed by atoms with van der Waals surface area (Å²) in [5.74, 6) is 0.588. The lowest BCUT2D eigenvalue weighted by molar-refractivity contribution is 0.112. The first-order chi connectivity index (χ1) is 7.04. The third kappa shape index (κ3) is 3.54. The molecule has 0 N–H and O–H groups in total. The fraction of sp³-hybridized carbons (Fsp3) is 0.417. The molecule has 15 heavy (non-hydrogen) atoms. The molecule has 3 heteroatoms. The summed E-state index contributed by atoms with van der Waals surface area (Å²) in [5, 5.41) is 1.10. The monoisotopic (exact) mass is 242 g/mol. The SMILES string of the molecule is CC(C)C(C)Sc1ccc(Cl)cc1C=O. The Morgan fingerprint density at radius 2 is 2.00 bits per heavy atom. The van der Waals surface area contributed by atoms with Crippen molar-refractivity contribution in [2.24, 2.45) is 5.92 Å². The van der Waals surface area contributed by atoms with Crippen LogP contribution in [-0.2, 0) is 0 Å². The molecule has 0 aliphatic heterocycles. The van der Waals surface area contributed by atoms with Gasteiger partial charge in [-0.15, -0.1) is 11.8 Å². The lowest BCUT2D eigenvalue weighted by atomic mass is 10.2. The van der Waals surface area contributed by atoms with Gasteiger partial charge in [-0.2, -0.15) is 0 Å². The van der Waals surface area contributed by atoms with Gasteiger partial charge in [0.05, 0.1) is 0 Å². The second-order valence-electron chi connectivity index (χ2n) is 3.87. The molecule has 1 aromatic rings. The number of hydrogen-bond donors (Lipinski definition) is 0. The molecular formula is C12H15ClOS. The lowest BCUT2D eigenvalue weighted by Gasteiger charge is -2.15. The molecule has 0 saturated heterocycles. The van der Waals surface area contributed by atoms with Crippen molar-refractivity contribution in [3.05, 3.63) is 28.8 Å². The Morgan fingerprint density at radius 3 is 2.53 bits per heavy atom. The summed E-state index contributed by atoms with van der Waals surface area (Å²) >= 11 is 7.55. The molecule has 0 bridgehead atoms. The molecule has 0 fully saturated rings. The fourth-order valence-corrected chi connectivity index (χ4v) is 2.30. The van der Waals surface area contributed by atoms with Crippen molar-refractivity contribution >= 4 is 29.6 Å². The average Bonchev–Trinajstić information content (AvgIpc) is 2.20. The second-order valence-corrected chi connectivity index (χ2v) is 5.72. The first-order valence-electron chi connectivity index (χ1n) is 4.96. The molecule has 0 spiro atoms. The van der Waals surface area contributed by atoms with Crippen molar-refractivity contribution in [1.82, 2.24) is 0 Å². The number of rotatable bonds is 4. The van der Waals surface area contributed by atoms with E-state index in [9.17, 15) is 4.79 Å². The summed E-state index contributed by atoms with van der Waals surface area (Å²) in [6.45, 7) is 6.51. The third-order valence-corrected chi connectivity index (χ3v) is 4.13. The van der Waals surface area contributed by atoms with Crippen molar-refractivity contribution in [2.75, 3.05) is 0 Å². The summed E-state index contributed by atoms with van der Waals surface area (Å²) in [6, 6.07) is 5.45. The maximum atomic E-state index is 10.9. The zero-order valence-corrected chi connectivity index (χ0v) is 10.7. The largest absolute Gasteiger partial charge is 0.298 e. The molecule has 1 unspecified atom stereocenters. The number of carbonyl (C=O) groups excluding carboxylic acids is 1. The number of benzene rings is 1. The topological polar surface area (TPSA) is 17.1 Å². The molecule has 0 amide bonds. The lowest BCUT2D eigenvalue weighted by Crippen LogP contribution is -2.05. The number of aldehydes is 1. The van der Waals surface area contributed by atoms with E-state index in [1.54, 1.807) is 17.8 Å². The van der Waals surface area contributed by atoms with Gasteiger partial charge < -0.3 is 0 Å². The van der Waals surface area contributed by atoms with Gasteiger partial charge in [-0.25, -0.2) is 0 Å². The predicted molar refractivity (Wildman–Crippen MR) is 67.0 cm³/mol. The number of carbonyl (C=O) groups is 1. The summed E-state index contributed by atoms with van der Waals surface area (Å²) in [6.07, 6.45) is 0.862. The minimum absolute atomic E-state index is 0.491. The number of thioether (sulfide) groups is 1. The van der Waals surface area contributed by atoms with Crippen molar-refractivity contribution in [3.8, 4) is 0 Å². The fourth-order valence-electron chi connectivity index (χ4n) is 1.06. The standard InChI is InChI=1S/C12H15ClOS/c1-8(2)9(3)15-12-5-4-11(13)6-10(12)7-14/h4-9H,1-3H3. The van der Waals surface area contributed by atoms with Gasteiger partial charge in [0.15, 0.2) is 6.29 Å². The molecule has 0 aliphatic rings. The molecule has 1 atom stereocenters. The predicted octanol–water partition coefficient (Wildman–Crippen LogP) is 4.29. The number of halogens is 1. The maximum Gasteiger partial charge on any atom is 0.151 e. The van der Waals surface area contributed by atoms with E-state index in [0.717, 1.165) is 11.2 Å². The van der Waals surface area contributed by atoms with E-state index < -0.39 is 0 Å². The van der Waals surface area contributed by atoms with Crippen LogP contribution in [0.5, 0.6) is 0 Å². The second kappa shape index (κ2) is 5.57. The molecule has 82 valence electrons. The Kier molecular flexibility index (Phi) is 4.68. The third-order valence-electron chi connectivity index (χ3n) is 2.35. The Morgan fingerprint density at radius 1 is 1.33 bits per heavy atom. The van der Waals surface area contributed by atoms with Crippen LogP contribution in [-0.4, -0.2) is 11.5 Å². The smallest absolute Gasteiger partial charge is 0.151 e. The van der Waals surface area contributed by atoms with E-state index in [4.69, 9.17) is 11.6 Å². The van der Waals surface area contributed by atoms with E-state index in [1.807, 2.05) is 12.1 Å². The molecule has 0 aromatic heterocycles. The summed E-state index contributed by atoms with van der Waals surface area (Å²) in [5.41, 5.74) is 0.681. The van der Waals surface area contributed by atoms with Crippen LogP contribution in [0.3, 0.4) is 0 Å². The zero-order valence-electron chi connectivity index (χ0n) is 9.16. The van der Waals surface area contributed by atoms with Gasteiger partial charge in [0.1, 0.15) is 0 Å². The summed E-state index contributed by atoms with van der Waals surface area (Å²) < 4.78 is 0. The highest BCUT2D eigenvalue weighted by atomic mass is 35.5. The van der Waals surface area contributed by atoms with Gasteiger partial charge in [0.25, 0.3) is 0 Å². The minimum atomic E-state index is 0.491. The Bertz CT molecular complexity index is 349. The summed E-state index contributed by atoms with van der Waals surface area (Å²) in [7, 11) is 0. The Hall–Kier alpha value is -0.470. The van der Waals surface area contributed by atoms with Crippen LogP contribution in [0.1, 0.15) is 31.1 Å². The molecule has 0 aliphatic carbocycles. The molecule has 1 rings (SSSR count). The van der Waals surface area contributed by atoms with Crippen molar-refractivity contribution < 1.29 is 4.79 Å². The van der Waals surface area contributed by atoms with Gasteiger partial charge in [0.2, 0.25) is 0 Å². The van der Waals surface area contributed by atoms with Crippen LogP contribution in [0.4, 0.5) is 0 Å². The molecule has 0 saturated carbocycles. The Balaban J connectivity index is 2.89. The highest BCUT2D eigenvalue weighted by Crippen LogP contribution is 2.31. The Labute approximate surface area is 100 Å². The van der Waals surface area contributed by atoms with E-state index >= 15 is 0 Å². The number of hydrogen-bond acceptors (Lipinski definition) is 2. The van der Waals surface area contributed by atoms with Crippen molar-refractivity contribution in [2.45, 2.75) is 30.9 Å². The van der Waals surface area contributed by atoms with E-state index in [0.29, 0.717) is 21.8 Å². The van der Waals surface area contributed by atoms with Crippen LogP contribution in [0.2, 0.25) is 5.02 Å². The highest BCUT2D eigenvalue weighted by molar-refractivity contribution is 8.00.